The van der Waals surface area contributed by atoms with Crippen LogP contribution >= 0.6 is 47.8 Å². The molecule has 0 N–H and O–H groups in total. The largest absolute Gasteiger partial charge is 0.0564 e. The van der Waals surface area contributed by atoms with Gasteiger partial charge in [-0.25, -0.2) is 0 Å². The van der Waals surface area contributed by atoms with Crippen molar-refractivity contribution in [3.8, 4) is 0 Å². The van der Waals surface area contributed by atoms with Gasteiger partial charge in [-0.1, -0.05) is 106 Å². The van der Waals surface area contributed by atoms with Crippen molar-refractivity contribution < 1.29 is 0 Å². The first-order valence-electron chi connectivity index (χ1n) is 10.0. The highest BCUT2D eigenvalue weighted by atomic mass is 79.9. The van der Waals surface area contributed by atoms with Crippen LogP contribution in [0.3, 0.4) is 0 Å². The van der Waals surface area contributed by atoms with Gasteiger partial charge in [0.15, 0.2) is 0 Å². The normalized spacial score (nSPS) is 10.0. The molecular weight excluding hydrogens is 564 g/mol. The highest BCUT2D eigenvalue weighted by molar-refractivity contribution is 9.11. The molecule has 30 heavy (non-hydrogen) atoms. The standard InChI is InChI=1S/C9H10Br2.C9H11Br.C9H12/c1-5-4-6(2)9(11)7(3)8(5)10;1-6-4-7(2)9(10)8(3)5-6;1-7-4-8(2)6-9(3)5-7/h4H,1-3H3;4-5H,1-3H3;4-6H,1-3H3. The zero-order valence-electron chi connectivity index (χ0n) is 19.6. The fraction of sp³-hybridized carbons (Fsp3) is 0.333. The summed E-state index contributed by atoms with van der Waals surface area (Å²) in [5, 5.41) is 0. The van der Waals surface area contributed by atoms with Crippen molar-refractivity contribution in [2.24, 2.45) is 0 Å². The lowest BCUT2D eigenvalue weighted by Crippen LogP contribution is -1.87. The average Bonchev–Trinajstić information content (AvgIpc) is 2.62. The fourth-order valence-electron chi connectivity index (χ4n) is 3.50. The molecule has 0 saturated heterocycles. The SMILES string of the molecule is Cc1cc(C)c(Br)c(C)c1.Cc1cc(C)c(Br)c(C)c1Br.Cc1cc(C)cc(C)c1. The molecule has 0 amide bonds. The van der Waals surface area contributed by atoms with Crippen molar-refractivity contribution in [1.29, 1.82) is 0 Å². The molecule has 0 heterocycles. The maximum Gasteiger partial charge on any atom is 0.0245 e. The van der Waals surface area contributed by atoms with Crippen molar-refractivity contribution in [1.82, 2.24) is 0 Å². The summed E-state index contributed by atoms with van der Waals surface area (Å²) in [5.74, 6) is 0. The number of rotatable bonds is 0. The van der Waals surface area contributed by atoms with E-state index in [0.29, 0.717) is 0 Å². The van der Waals surface area contributed by atoms with Crippen LogP contribution < -0.4 is 0 Å². The Morgan fingerprint density at radius 2 is 0.633 bits per heavy atom. The molecule has 0 spiro atoms. The molecule has 0 aromatic heterocycles. The first kappa shape index (κ1) is 27.1. The minimum absolute atomic E-state index is 1.20. The Labute approximate surface area is 208 Å². The van der Waals surface area contributed by atoms with Gasteiger partial charge in [0, 0.05) is 13.4 Å². The molecule has 3 heteroatoms. The van der Waals surface area contributed by atoms with Crippen LogP contribution in [0.15, 0.2) is 49.8 Å². The van der Waals surface area contributed by atoms with Gasteiger partial charge in [-0.2, -0.15) is 0 Å². The fourth-order valence-corrected chi connectivity index (χ4v) is 4.62. The van der Waals surface area contributed by atoms with Crippen molar-refractivity contribution in [2.45, 2.75) is 62.3 Å². The van der Waals surface area contributed by atoms with Gasteiger partial charge < -0.3 is 0 Å². The molecule has 0 atom stereocenters. The predicted molar refractivity (Wildman–Crippen MR) is 145 cm³/mol. The summed E-state index contributed by atoms with van der Waals surface area (Å²) in [6.45, 7) is 19.0. The maximum atomic E-state index is 3.53. The van der Waals surface area contributed by atoms with Gasteiger partial charge in [-0.15, -0.1) is 0 Å². The molecule has 0 aliphatic rings. The van der Waals surface area contributed by atoms with Crippen LogP contribution in [-0.4, -0.2) is 0 Å². The van der Waals surface area contributed by atoms with Gasteiger partial charge in [-0.05, 0) is 90.1 Å². The lowest BCUT2D eigenvalue weighted by atomic mass is 10.1. The summed E-state index contributed by atoms with van der Waals surface area (Å²) in [7, 11) is 0. The quantitative estimate of drug-likeness (QED) is 0.242. The zero-order chi connectivity index (χ0) is 23.2. The van der Waals surface area contributed by atoms with Crippen LogP contribution in [-0.2, 0) is 0 Å². The van der Waals surface area contributed by atoms with Crippen LogP contribution in [0.1, 0.15) is 50.1 Å². The minimum Gasteiger partial charge on any atom is -0.0564 e. The Kier molecular flexibility index (Phi) is 11.0. The second-order valence-electron chi connectivity index (χ2n) is 8.14. The lowest BCUT2D eigenvalue weighted by Gasteiger charge is -2.07. The molecule has 0 aliphatic carbocycles. The number of hydrogen-bond donors (Lipinski definition) is 0. The Bertz CT molecular complexity index is 917. The Morgan fingerprint density at radius 1 is 0.367 bits per heavy atom. The molecule has 3 aromatic rings. The first-order chi connectivity index (χ1) is 13.8. The number of benzene rings is 3. The molecule has 0 saturated carbocycles. The summed E-state index contributed by atoms with van der Waals surface area (Å²) in [4.78, 5) is 0. The van der Waals surface area contributed by atoms with Crippen molar-refractivity contribution in [2.75, 3.05) is 0 Å². The van der Waals surface area contributed by atoms with Crippen LogP contribution in [0.4, 0.5) is 0 Å². The third-order valence-corrected chi connectivity index (χ3v) is 8.42. The van der Waals surface area contributed by atoms with Crippen molar-refractivity contribution in [3.05, 3.63) is 99.9 Å². The van der Waals surface area contributed by atoms with E-state index in [4.69, 9.17) is 0 Å². The third kappa shape index (κ3) is 8.32. The molecule has 0 radical (unpaired) electrons. The smallest absolute Gasteiger partial charge is 0.0245 e. The van der Waals surface area contributed by atoms with Gasteiger partial charge >= 0.3 is 0 Å². The average molecular weight is 597 g/mol. The van der Waals surface area contributed by atoms with Crippen molar-refractivity contribution >= 4 is 47.8 Å². The molecule has 0 nitrogen and oxygen atoms in total. The van der Waals surface area contributed by atoms with E-state index in [-0.39, 0.29) is 0 Å². The molecule has 0 bridgehead atoms. The Balaban J connectivity index is 0.000000226. The van der Waals surface area contributed by atoms with Gasteiger partial charge in [0.05, 0.1) is 0 Å². The van der Waals surface area contributed by atoms with Crippen LogP contribution in [0.5, 0.6) is 0 Å². The molecule has 3 rings (SSSR count). The number of halogens is 3. The Morgan fingerprint density at radius 3 is 0.967 bits per heavy atom. The van der Waals surface area contributed by atoms with Gasteiger partial charge in [0.1, 0.15) is 0 Å². The van der Waals surface area contributed by atoms with Crippen LogP contribution in [0, 0.1) is 62.3 Å². The third-order valence-electron chi connectivity index (χ3n) is 4.73. The molecule has 0 aliphatic heterocycles. The molecular formula is C27H33Br3. The molecule has 0 unspecified atom stereocenters. The summed E-state index contributed by atoms with van der Waals surface area (Å²) in [6, 6.07) is 13.1. The monoisotopic (exact) mass is 594 g/mol. The van der Waals surface area contributed by atoms with E-state index in [9.17, 15) is 0 Å². The molecule has 162 valence electrons. The Hall–Kier alpha value is -0.900. The topological polar surface area (TPSA) is 0 Å². The summed E-state index contributed by atoms with van der Waals surface area (Å²) in [6.07, 6.45) is 0. The minimum atomic E-state index is 1.20. The van der Waals surface area contributed by atoms with E-state index in [1.54, 1.807) is 0 Å². The van der Waals surface area contributed by atoms with E-state index in [1.807, 2.05) is 0 Å². The van der Waals surface area contributed by atoms with Gasteiger partial charge in [-0.3, -0.25) is 0 Å². The van der Waals surface area contributed by atoms with Crippen LogP contribution in [0.25, 0.3) is 0 Å². The summed E-state index contributed by atoms with van der Waals surface area (Å²) in [5.41, 5.74) is 11.9. The molecule has 0 fully saturated rings. The van der Waals surface area contributed by atoms with E-state index in [1.165, 1.54) is 63.5 Å². The zero-order valence-corrected chi connectivity index (χ0v) is 24.4. The number of aryl methyl sites for hydroxylation is 8. The van der Waals surface area contributed by atoms with E-state index < -0.39 is 0 Å². The predicted octanol–water partition coefficient (Wildman–Crippen LogP) is 10.1. The molecule has 3 aromatic carbocycles. The highest BCUT2D eigenvalue weighted by Gasteiger charge is 2.05. The second kappa shape index (κ2) is 12.2. The first-order valence-corrected chi connectivity index (χ1v) is 12.4. The highest BCUT2D eigenvalue weighted by Crippen LogP contribution is 2.30. The van der Waals surface area contributed by atoms with E-state index in [2.05, 4.69) is 147 Å². The summed E-state index contributed by atoms with van der Waals surface area (Å²) < 4.78 is 3.64. The summed E-state index contributed by atoms with van der Waals surface area (Å²) >= 11 is 10.6. The van der Waals surface area contributed by atoms with E-state index in [0.717, 1.165) is 0 Å². The van der Waals surface area contributed by atoms with Crippen LogP contribution in [0.2, 0.25) is 0 Å². The second-order valence-corrected chi connectivity index (χ2v) is 10.5. The number of hydrogen-bond acceptors (Lipinski definition) is 0. The lowest BCUT2D eigenvalue weighted by molar-refractivity contribution is 1.26. The van der Waals surface area contributed by atoms with Gasteiger partial charge in [0.2, 0.25) is 0 Å². The van der Waals surface area contributed by atoms with Gasteiger partial charge in [0.25, 0.3) is 0 Å². The van der Waals surface area contributed by atoms with E-state index >= 15 is 0 Å². The maximum absolute atomic E-state index is 3.53. The van der Waals surface area contributed by atoms with Crippen molar-refractivity contribution in [3.63, 3.8) is 0 Å².